The first kappa shape index (κ1) is 16.2. The van der Waals surface area contributed by atoms with E-state index in [4.69, 9.17) is 0 Å². The molecule has 0 aliphatic rings. The molecule has 2 rings (SSSR count). The summed E-state index contributed by atoms with van der Waals surface area (Å²) in [6.45, 7) is 0. The highest BCUT2D eigenvalue weighted by Crippen LogP contribution is 2.22. The van der Waals surface area contributed by atoms with E-state index in [1.165, 1.54) is 36.0 Å². The largest absolute Gasteiger partial charge is 0.324 e. The molecule has 0 aliphatic heterocycles. The van der Waals surface area contributed by atoms with Gasteiger partial charge in [-0.2, -0.15) is 0 Å². The van der Waals surface area contributed by atoms with E-state index in [0.717, 1.165) is 5.03 Å². The number of anilines is 1. The number of halogens is 1. The van der Waals surface area contributed by atoms with Gasteiger partial charge in [0.1, 0.15) is 10.8 Å². The number of aromatic nitrogens is 1. The number of benzene rings is 1. The van der Waals surface area contributed by atoms with E-state index < -0.39 is 5.82 Å². The molecule has 0 saturated carbocycles. The molecule has 0 spiro atoms. The Morgan fingerprint density at radius 1 is 1.18 bits per heavy atom. The molecule has 0 bridgehead atoms. The summed E-state index contributed by atoms with van der Waals surface area (Å²) < 4.78 is 12.8. The minimum atomic E-state index is -0.393. The number of carbonyl (C=O) groups is 2. The molecule has 4 nitrogen and oxygen atoms in total. The van der Waals surface area contributed by atoms with Crippen molar-refractivity contribution < 1.29 is 14.0 Å². The average molecular weight is 318 g/mol. The number of thioether (sulfide) groups is 1. The molecule has 6 heteroatoms. The lowest BCUT2D eigenvalue weighted by atomic mass is 10.1. The predicted octanol–water partition coefficient (Wildman–Crippen LogP) is 3.54. The Morgan fingerprint density at radius 3 is 2.59 bits per heavy atom. The SMILES string of the molecule is CSc1ncccc1NC(=O)CCC(=O)c1ccc(F)cc1. The van der Waals surface area contributed by atoms with Crippen molar-refractivity contribution in [3.05, 3.63) is 54.0 Å². The minimum Gasteiger partial charge on any atom is -0.324 e. The summed E-state index contributed by atoms with van der Waals surface area (Å²) in [7, 11) is 0. The first-order chi connectivity index (χ1) is 10.6. The Morgan fingerprint density at radius 2 is 1.91 bits per heavy atom. The number of amides is 1. The van der Waals surface area contributed by atoms with Crippen molar-refractivity contribution in [3.63, 3.8) is 0 Å². The fourth-order valence-electron chi connectivity index (χ4n) is 1.87. The molecule has 0 fully saturated rings. The number of hydrogen-bond donors (Lipinski definition) is 1. The fraction of sp³-hybridized carbons (Fsp3) is 0.188. The molecule has 22 heavy (non-hydrogen) atoms. The number of ketones is 1. The van der Waals surface area contributed by atoms with E-state index in [-0.39, 0.29) is 24.5 Å². The zero-order chi connectivity index (χ0) is 15.9. The van der Waals surface area contributed by atoms with Gasteiger partial charge in [0.2, 0.25) is 5.91 Å². The second-order valence-electron chi connectivity index (χ2n) is 4.54. The highest BCUT2D eigenvalue weighted by molar-refractivity contribution is 7.98. The summed E-state index contributed by atoms with van der Waals surface area (Å²) in [6.07, 6.45) is 3.67. The molecule has 1 aromatic heterocycles. The normalized spacial score (nSPS) is 10.3. The van der Waals surface area contributed by atoms with Crippen LogP contribution < -0.4 is 5.32 Å². The van der Waals surface area contributed by atoms with Crippen molar-refractivity contribution in [2.75, 3.05) is 11.6 Å². The van der Waals surface area contributed by atoms with E-state index in [0.29, 0.717) is 11.3 Å². The van der Waals surface area contributed by atoms with Crippen LogP contribution >= 0.6 is 11.8 Å². The van der Waals surface area contributed by atoms with Crippen molar-refractivity contribution in [1.29, 1.82) is 0 Å². The van der Waals surface area contributed by atoms with Crippen LogP contribution in [0.3, 0.4) is 0 Å². The van der Waals surface area contributed by atoms with E-state index in [2.05, 4.69) is 10.3 Å². The summed E-state index contributed by atoms with van der Waals surface area (Å²) in [5, 5.41) is 3.47. The minimum absolute atomic E-state index is 0.0684. The van der Waals surface area contributed by atoms with Crippen LogP contribution in [-0.2, 0) is 4.79 Å². The number of nitrogens with zero attached hydrogens (tertiary/aromatic N) is 1. The summed E-state index contributed by atoms with van der Waals surface area (Å²) in [4.78, 5) is 28.0. The molecule has 1 N–H and O–H groups in total. The quantitative estimate of drug-likeness (QED) is 0.654. The molecule has 1 heterocycles. The molecule has 2 aromatic rings. The summed E-state index contributed by atoms with van der Waals surface area (Å²) in [6, 6.07) is 8.80. The van der Waals surface area contributed by atoms with Crippen LogP contribution in [0.4, 0.5) is 10.1 Å². The number of carbonyl (C=O) groups excluding carboxylic acids is 2. The van der Waals surface area contributed by atoms with Crippen LogP contribution in [0.1, 0.15) is 23.2 Å². The number of nitrogens with one attached hydrogen (secondary N) is 1. The van der Waals surface area contributed by atoms with Crippen molar-refractivity contribution in [3.8, 4) is 0 Å². The van der Waals surface area contributed by atoms with E-state index >= 15 is 0 Å². The number of hydrogen-bond acceptors (Lipinski definition) is 4. The number of rotatable bonds is 6. The summed E-state index contributed by atoms with van der Waals surface area (Å²) in [5.41, 5.74) is 1.04. The third-order valence-electron chi connectivity index (χ3n) is 2.98. The second-order valence-corrected chi connectivity index (χ2v) is 5.33. The van der Waals surface area contributed by atoms with Crippen molar-refractivity contribution >= 4 is 29.1 Å². The van der Waals surface area contributed by atoms with Crippen LogP contribution in [0.5, 0.6) is 0 Å². The molecule has 0 atom stereocenters. The van der Waals surface area contributed by atoms with Gasteiger partial charge in [-0.05, 0) is 42.7 Å². The molecule has 0 aliphatic carbocycles. The maximum absolute atomic E-state index is 12.8. The Balaban J connectivity index is 1.90. The molecular formula is C16H15FN2O2S. The average Bonchev–Trinajstić information content (AvgIpc) is 2.54. The number of Topliss-reactive ketones (excluding diaryl/α,β-unsaturated/α-hetero) is 1. The van der Waals surface area contributed by atoms with Crippen LogP contribution in [0.2, 0.25) is 0 Å². The molecule has 0 radical (unpaired) electrons. The van der Waals surface area contributed by atoms with Gasteiger partial charge in [-0.1, -0.05) is 0 Å². The Hall–Kier alpha value is -2.21. The highest BCUT2D eigenvalue weighted by Gasteiger charge is 2.11. The smallest absolute Gasteiger partial charge is 0.224 e. The van der Waals surface area contributed by atoms with Gasteiger partial charge in [-0.25, -0.2) is 9.37 Å². The third kappa shape index (κ3) is 4.39. The molecule has 1 aromatic carbocycles. The van der Waals surface area contributed by atoms with Crippen molar-refractivity contribution in [2.24, 2.45) is 0 Å². The molecule has 1 amide bonds. The van der Waals surface area contributed by atoms with Crippen LogP contribution in [-0.4, -0.2) is 22.9 Å². The Labute approximate surface area is 132 Å². The Kier molecular flexibility index (Phi) is 5.66. The second kappa shape index (κ2) is 7.70. The highest BCUT2D eigenvalue weighted by atomic mass is 32.2. The van der Waals surface area contributed by atoms with E-state index in [1.807, 2.05) is 6.26 Å². The topological polar surface area (TPSA) is 59.1 Å². The van der Waals surface area contributed by atoms with Gasteiger partial charge in [0.05, 0.1) is 5.69 Å². The standard InChI is InChI=1S/C16H15FN2O2S/c1-22-16-13(3-2-10-18-16)19-15(21)9-8-14(20)11-4-6-12(17)7-5-11/h2-7,10H,8-9H2,1H3,(H,19,21). The monoisotopic (exact) mass is 318 g/mol. The predicted molar refractivity (Wildman–Crippen MR) is 84.6 cm³/mol. The van der Waals surface area contributed by atoms with Crippen molar-refractivity contribution in [2.45, 2.75) is 17.9 Å². The zero-order valence-electron chi connectivity index (χ0n) is 12.0. The first-order valence-electron chi connectivity index (χ1n) is 6.68. The molecule has 0 unspecified atom stereocenters. The lowest BCUT2D eigenvalue weighted by Gasteiger charge is -2.08. The van der Waals surface area contributed by atoms with Gasteiger partial charge in [-0.15, -0.1) is 11.8 Å². The van der Waals surface area contributed by atoms with Gasteiger partial charge in [0.15, 0.2) is 5.78 Å². The summed E-state index contributed by atoms with van der Waals surface area (Å²) >= 11 is 1.43. The van der Waals surface area contributed by atoms with Crippen LogP contribution in [0.15, 0.2) is 47.6 Å². The Bertz CT molecular complexity index is 674. The van der Waals surface area contributed by atoms with Gasteiger partial charge in [0, 0.05) is 24.6 Å². The third-order valence-corrected chi connectivity index (χ3v) is 3.70. The van der Waals surface area contributed by atoms with Crippen molar-refractivity contribution in [1.82, 2.24) is 4.98 Å². The van der Waals surface area contributed by atoms with Crippen LogP contribution in [0, 0.1) is 5.82 Å². The maximum Gasteiger partial charge on any atom is 0.224 e. The first-order valence-corrected chi connectivity index (χ1v) is 7.90. The van der Waals surface area contributed by atoms with Gasteiger partial charge in [0.25, 0.3) is 0 Å². The van der Waals surface area contributed by atoms with Gasteiger partial charge < -0.3 is 5.32 Å². The van der Waals surface area contributed by atoms with Gasteiger partial charge >= 0.3 is 0 Å². The molecular weight excluding hydrogens is 303 g/mol. The van der Waals surface area contributed by atoms with Crippen LogP contribution in [0.25, 0.3) is 0 Å². The van der Waals surface area contributed by atoms with E-state index in [9.17, 15) is 14.0 Å². The maximum atomic E-state index is 12.8. The zero-order valence-corrected chi connectivity index (χ0v) is 12.8. The lowest BCUT2D eigenvalue weighted by Crippen LogP contribution is -2.14. The molecule has 114 valence electrons. The summed E-state index contributed by atoms with van der Waals surface area (Å²) in [5.74, 6) is -0.833. The van der Waals surface area contributed by atoms with Gasteiger partial charge in [-0.3, -0.25) is 9.59 Å². The fourth-order valence-corrected chi connectivity index (χ4v) is 2.37. The number of pyridine rings is 1. The molecule has 0 saturated heterocycles. The lowest BCUT2D eigenvalue weighted by molar-refractivity contribution is -0.116. The van der Waals surface area contributed by atoms with E-state index in [1.54, 1.807) is 18.3 Å².